The number of benzene rings is 2. The van der Waals surface area contributed by atoms with E-state index in [4.69, 9.17) is 9.47 Å². The normalized spacial score (nSPS) is 14.1. The number of amides is 1. The Kier molecular flexibility index (Phi) is 5.70. The van der Waals surface area contributed by atoms with E-state index in [1.54, 1.807) is 20.8 Å². The summed E-state index contributed by atoms with van der Waals surface area (Å²) in [7, 11) is 0. The van der Waals surface area contributed by atoms with Crippen LogP contribution in [0.4, 0.5) is 4.79 Å². The van der Waals surface area contributed by atoms with Gasteiger partial charge in [0.15, 0.2) is 6.10 Å². The molecule has 0 radical (unpaired) electrons. The fourth-order valence-corrected chi connectivity index (χ4v) is 3.43. The third-order valence-corrected chi connectivity index (χ3v) is 4.55. The highest BCUT2D eigenvalue weighted by Crippen LogP contribution is 2.44. The lowest BCUT2D eigenvalue weighted by Crippen LogP contribution is -2.42. The first-order chi connectivity index (χ1) is 13.3. The molecule has 1 aliphatic carbocycles. The van der Waals surface area contributed by atoms with Gasteiger partial charge in [0, 0.05) is 5.92 Å². The lowest BCUT2D eigenvalue weighted by atomic mass is 9.98. The Labute approximate surface area is 164 Å². The number of ether oxygens (including phenoxy) is 2. The maximum Gasteiger partial charge on any atom is 0.407 e. The zero-order valence-corrected chi connectivity index (χ0v) is 16.3. The SMILES string of the molecule is CC(C)(C)O[C@H](CNC(=O)OCC1c2ccccc2-c2ccccc21)C(=O)O. The number of fused-ring (bicyclic) bond motifs is 3. The van der Waals surface area contributed by atoms with Crippen molar-refractivity contribution in [2.45, 2.75) is 38.4 Å². The number of carboxylic acids is 1. The second kappa shape index (κ2) is 8.02. The Hall–Kier alpha value is -2.86. The highest BCUT2D eigenvalue weighted by atomic mass is 16.6. The third-order valence-electron chi connectivity index (χ3n) is 4.55. The number of rotatable bonds is 6. The fourth-order valence-electron chi connectivity index (χ4n) is 3.43. The molecular weight excluding hydrogens is 358 g/mol. The lowest BCUT2D eigenvalue weighted by Gasteiger charge is -2.25. The van der Waals surface area contributed by atoms with E-state index in [1.165, 1.54) is 0 Å². The average molecular weight is 383 g/mol. The summed E-state index contributed by atoms with van der Waals surface area (Å²) in [5, 5.41) is 11.7. The minimum Gasteiger partial charge on any atom is -0.479 e. The monoisotopic (exact) mass is 383 g/mol. The summed E-state index contributed by atoms with van der Waals surface area (Å²) in [6.45, 7) is 5.30. The first kappa shape index (κ1) is 19.9. The maximum absolute atomic E-state index is 12.1. The van der Waals surface area contributed by atoms with Gasteiger partial charge in [-0.3, -0.25) is 0 Å². The van der Waals surface area contributed by atoms with Crippen LogP contribution in [-0.2, 0) is 14.3 Å². The lowest BCUT2D eigenvalue weighted by molar-refractivity contribution is -0.159. The predicted octanol–water partition coefficient (Wildman–Crippen LogP) is 3.79. The van der Waals surface area contributed by atoms with Gasteiger partial charge in [-0.2, -0.15) is 0 Å². The van der Waals surface area contributed by atoms with Gasteiger partial charge in [0.2, 0.25) is 0 Å². The Morgan fingerprint density at radius 3 is 2.07 bits per heavy atom. The quantitative estimate of drug-likeness (QED) is 0.793. The molecule has 0 fully saturated rings. The highest BCUT2D eigenvalue weighted by molar-refractivity contribution is 5.79. The molecule has 6 nitrogen and oxygen atoms in total. The summed E-state index contributed by atoms with van der Waals surface area (Å²) in [4.78, 5) is 23.4. The van der Waals surface area contributed by atoms with Crippen LogP contribution in [0.3, 0.4) is 0 Å². The molecule has 2 aromatic carbocycles. The standard InChI is InChI=1S/C22H25NO5/c1-22(2,3)28-19(20(24)25)12-23-21(26)27-13-18-16-10-6-4-8-14(16)15-9-5-7-11-17(15)18/h4-11,18-19H,12-13H2,1-3H3,(H,23,26)(H,24,25)/t19-/m1/s1. The summed E-state index contributed by atoms with van der Waals surface area (Å²) >= 11 is 0. The molecule has 0 spiro atoms. The number of alkyl carbamates (subject to hydrolysis) is 1. The third kappa shape index (κ3) is 4.51. The van der Waals surface area contributed by atoms with Gasteiger partial charge in [0.1, 0.15) is 6.61 Å². The van der Waals surface area contributed by atoms with E-state index >= 15 is 0 Å². The second-order valence-corrected chi connectivity index (χ2v) is 7.76. The minimum absolute atomic E-state index is 0.0424. The van der Waals surface area contributed by atoms with E-state index in [1.807, 2.05) is 36.4 Å². The Morgan fingerprint density at radius 1 is 1.04 bits per heavy atom. The Bertz CT molecular complexity index is 826. The largest absolute Gasteiger partial charge is 0.479 e. The van der Waals surface area contributed by atoms with E-state index in [2.05, 4.69) is 17.4 Å². The van der Waals surface area contributed by atoms with E-state index in [9.17, 15) is 14.7 Å². The van der Waals surface area contributed by atoms with Gasteiger partial charge in [0.05, 0.1) is 12.1 Å². The van der Waals surface area contributed by atoms with Crippen molar-refractivity contribution in [3.05, 3.63) is 59.7 Å². The summed E-state index contributed by atoms with van der Waals surface area (Å²) < 4.78 is 10.9. The molecule has 0 bridgehead atoms. The molecule has 0 aromatic heterocycles. The number of carbonyl (C=O) groups is 2. The van der Waals surface area contributed by atoms with Crippen molar-refractivity contribution in [1.82, 2.24) is 5.32 Å². The van der Waals surface area contributed by atoms with Crippen LogP contribution < -0.4 is 5.32 Å². The first-order valence-corrected chi connectivity index (χ1v) is 9.26. The van der Waals surface area contributed by atoms with Gasteiger partial charge in [-0.25, -0.2) is 9.59 Å². The molecule has 1 amide bonds. The second-order valence-electron chi connectivity index (χ2n) is 7.76. The Balaban J connectivity index is 1.61. The summed E-state index contributed by atoms with van der Waals surface area (Å²) in [6.07, 6.45) is -1.80. The molecular formula is C22H25NO5. The number of aliphatic carboxylic acids is 1. The molecule has 1 atom stereocenters. The fraction of sp³-hybridized carbons (Fsp3) is 0.364. The van der Waals surface area contributed by atoms with Gasteiger partial charge in [0.25, 0.3) is 0 Å². The number of carboxylic acid groups (broad SMARTS) is 1. The summed E-state index contributed by atoms with van der Waals surface area (Å²) in [6, 6.07) is 16.1. The van der Waals surface area contributed by atoms with Crippen LogP contribution in [0.1, 0.15) is 37.8 Å². The van der Waals surface area contributed by atoms with Gasteiger partial charge >= 0.3 is 12.1 Å². The van der Waals surface area contributed by atoms with Gasteiger partial charge in [-0.05, 0) is 43.0 Å². The van der Waals surface area contributed by atoms with Crippen molar-refractivity contribution in [3.8, 4) is 11.1 Å². The zero-order chi connectivity index (χ0) is 20.3. The number of hydrogen-bond acceptors (Lipinski definition) is 4. The molecule has 0 saturated heterocycles. The van der Waals surface area contributed by atoms with Crippen molar-refractivity contribution < 1.29 is 24.2 Å². The minimum atomic E-state index is -1.14. The predicted molar refractivity (Wildman–Crippen MR) is 105 cm³/mol. The molecule has 1 aliphatic rings. The molecule has 0 saturated carbocycles. The number of nitrogens with one attached hydrogen (secondary N) is 1. The van der Waals surface area contributed by atoms with Crippen molar-refractivity contribution in [2.24, 2.45) is 0 Å². The molecule has 148 valence electrons. The van der Waals surface area contributed by atoms with Crippen molar-refractivity contribution in [1.29, 1.82) is 0 Å². The summed E-state index contributed by atoms with van der Waals surface area (Å²) in [5.41, 5.74) is 3.91. The molecule has 0 aliphatic heterocycles. The van der Waals surface area contributed by atoms with Gasteiger partial charge in [-0.15, -0.1) is 0 Å². The van der Waals surface area contributed by atoms with Crippen LogP contribution in [0.15, 0.2) is 48.5 Å². The molecule has 2 N–H and O–H groups in total. The molecule has 0 unspecified atom stereocenters. The van der Waals surface area contributed by atoms with Crippen molar-refractivity contribution >= 4 is 12.1 Å². The van der Waals surface area contributed by atoms with E-state index < -0.39 is 23.8 Å². The molecule has 2 aromatic rings. The van der Waals surface area contributed by atoms with Crippen LogP contribution in [0.25, 0.3) is 11.1 Å². The Morgan fingerprint density at radius 2 is 1.57 bits per heavy atom. The molecule has 3 rings (SSSR count). The summed E-state index contributed by atoms with van der Waals surface area (Å²) in [5.74, 6) is -1.17. The highest BCUT2D eigenvalue weighted by Gasteiger charge is 2.29. The van der Waals surface area contributed by atoms with Gasteiger partial charge in [-0.1, -0.05) is 48.5 Å². The number of carbonyl (C=O) groups excluding carboxylic acids is 1. The number of hydrogen-bond donors (Lipinski definition) is 2. The molecule has 6 heteroatoms. The first-order valence-electron chi connectivity index (χ1n) is 9.26. The molecule has 28 heavy (non-hydrogen) atoms. The van der Waals surface area contributed by atoms with Gasteiger partial charge < -0.3 is 19.9 Å². The zero-order valence-electron chi connectivity index (χ0n) is 16.3. The van der Waals surface area contributed by atoms with Crippen LogP contribution in [0.2, 0.25) is 0 Å². The van der Waals surface area contributed by atoms with Crippen LogP contribution in [-0.4, -0.2) is 42.0 Å². The van der Waals surface area contributed by atoms with Crippen molar-refractivity contribution in [3.63, 3.8) is 0 Å². The molecule has 0 heterocycles. The topological polar surface area (TPSA) is 84.9 Å². The average Bonchev–Trinajstić information content (AvgIpc) is 2.96. The smallest absolute Gasteiger partial charge is 0.407 e. The van der Waals surface area contributed by atoms with Crippen LogP contribution in [0.5, 0.6) is 0 Å². The van der Waals surface area contributed by atoms with E-state index in [0.29, 0.717) is 0 Å². The van der Waals surface area contributed by atoms with Crippen LogP contribution in [0, 0.1) is 0 Å². The van der Waals surface area contributed by atoms with Crippen molar-refractivity contribution in [2.75, 3.05) is 13.2 Å². The van der Waals surface area contributed by atoms with E-state index in [-0.39, 0.29) is 19.1 Å². The van der Waals surface area contributed by atoms with E-state index in [0.717, 1.165) is 22.3 Å². The van der Waals surface area contributed by atoms with Crippen LogP contribution >= 0.6 is 0 Å². The maximum atomic E-state index is 12.1.